The number of hydrogen-bond donors (Lipinski definition) is 0. The van der Waals surface area contributed by atoms with Crippen molar-refractivity contribution in [3.63, 3.8) is 0 Å². The van der Waals surface area contributed by atoms with Crippen molar-refractivity contribution in [1.82, 2.24) is 14.0 Å². The third-order valence-electron chi connectivity index (χ3n) is 8.16. The third-order valence-corrected chi connectivity index (χ3v) is 8.16. The van der Waals surface area contributed by atoms with E-state index in [4.69, 9.17) is 4.98 Å². The van der Waals surface area contributed by atoms with E-state index < -0.39 is 0 Å². The van der Waals surface area contributed by atoms with Gasteiger partial charge in [0.25, 0.3) is 0 Å². The van der Waals surface area contributed by atoms with Gasteiger partial charge in [0.1, 0.15) is 5.65 Å². The van der Waals surface area contributed by atoms with Crippen LogP contribution in [0.15, 0.2) is 116 Å². The molecule has 0 fully saturated rings. The second kappa shape index (κ2) is 7.21. The highest BCUT2D eigenvalue weighted by Gasteiger charge is 2.36. The fourth-order valence-corrected chi connectivity index (χ4v) is 6.30. The Hall–Kier alpha value is -4.63. The largest absolute Gasteiger partial charge is 0.309 e. The molecule has 0 radical (unpaired) electrons. The van der Waals surface area contributed by atoms with E-state index in [0.29, 0.717) is 0 Å². The van der Waals surface area contributed by atoms with Crippen molar-refractivity contribution in [3.8, 4) is 28.1 Å². The molecule has 3 aromatic heterocycles. The Morgan fingerprint density at radius 1 is 0.649 bits per heavy atom. The van der Waals surface area contributed by atoms with Crippen LogP contribution in [-0.4, -0.2) is 14.0 Å². The molecule has 0 N–H and O–H groups in total. The summed E-state index contributed by atoms with van der Waals surface area (Å²) in [6, 6.07) is 37.4. The fourth-order valence-electron chi connectivity index (χ4n) is 6.30. The van der Waals surface area contributed by atoms with Crippen molar-refractivity contribution < 1.29 is 0 Å². The number of nitrogens with zero attached hydrogens (tertiary/aromatic N) is 3. The summed E-state index contributed by atoms with van der Waals surface area (Å²) < 4.78 is 4.47. The maximum Gasteiger partial charge on any atom is 0.137 e. The molecule has 0 spiro atoms. The van der Waals surface area contributed by atoms with Crippen molar-refractivity contribution in [2.45, 2.75) is 19.3 Å². The van der Waals surface area contributed by atoms with Gasteiger partial charge in [0.15, 0.2) is 0 Å². The minimum atomic E-state index is -0.0148. The smallest absolute Gasteiger partial charge is 0.137 e. The molecule has 0 aliphatic heterocycles. The number of pyridine rings is 1. The van der Waals surface area contributed by atoms with Crippen LogP contribution in [0.5, 0.6) is 0 Å². The van der Waals surface area contributed by atoms with Gasteiger partial charge in [-0.15, -0.1) is 0 Å². The van der Waals surface area contributed by atoms with Crippen LogP contribution in [0, 0.1) is 0 Å². The lowest BCUT2D eigenvalue weighted by atomic mass is 9.82. The molecule has 4 aromatic carbocycles. The Morgan fingerprint density at radius 2 is 1.43 bits per heavy atom. The molecule has 176 valence electrons. The average Bonchev–Trinajstić information content (AvgIpc) is 3.57. The lowest BCUT2D eigenvalue weighted by molar-refractivity contribution is 0.661. The van der Waals surface area contributed by atoms with Gasteiger partial charge in [0.05, 0.1) is 16.7 Å². The van der Waals surface area contributed by atoms with Gasteiger partial charge in [0.2, 0.25) is 0 Å². The standard InChI is InChI=1S/C34H25N3/c1-34(2)28-11-5-3-9-24(28)26-20-32-27(19-29(26)34)25-10-4-6-12-31(25)37(32)23-16-14-22(15-17-23)30-21-36-18-8-7-13-33(36)35-30/h3-21H,1-2H3. The highest BCUT2D eigenvalue weighted by molar-refractivity contribution is 6.11. The fraction of sp³-hybridized carbons (Fsp3) is 0.0882. The Bertz CT molecular complexity index is 1970. The number of aromatic nitrogens is 3. The number of para-hydroxylation sites is 1. The van der Waals surface area contributed by atoms with Gasteiger partial charge in [-0.3, -0.25) is 0 Å². The van der Waals surface area contributed by atoms with Crippen molar-refractivity contribution >= 4 is 27.5 Å². The molecule has 0 unspecified atom stereocenters. The van der Waals surface area contributed by atoms with E-state index in [0.717, 1.165) is 22.6 Å². The second-order valence-corrected chi connectivity index (χ2v) is 10.6. The molecule has 3 nitrogen and oxygen atoms in total. The third kappa shape index (κ3) is 2.80. The number of imidazole rings is 1. The predicted molar refractivity (Wildman–Crippen MR) is 153 cm³/mol. The maximum absolute atomic E-state index is 4.81. The summed E-state index contributed by atoms with van der Waals surface area (Å²) >= 11 is 0. The van der Waals surface area contributed by atoms with Gasteiger partial charge >= 0.3 is 0 Å². The van der Waals surface area contributed by atoms with Gasteiger partial charge in [-0.05, 0) is 64.7 Å². The summed E-state index contributed by atoms with van der Waals surface area (Å²) in [6.07, 6.45) is 4.13. The molecule has 7 aromatic rings. The monoisotopic (exact) mass is 475 g/mol. The lowest BCUT2D eigenvalue weighted by Crippen LogP contribution is -2.14. The summed E-state index contributed by atoms with van der Waals surface area (Å²) in [5.74, 6) is 0. The Morgan fingerprint density at radius 3 is 2.30 bits per heavy atom. The molecule has 0 atom stereocenters. The first-order chi connectivity index (χ1) is 18.1. The first-order valence-corrected chi connectivity index (χ1v) is 12.8. The minimum absolute atomic E-state index is 0.0148. The van der Waals surface area contributed by atoms with E-state index in [-0.39, 0.29) is 5.41 Å². The molecular weight excluding hydrogens is 450 g/mol. The van der Waals surface area contributed by atoms with E-state index in [1.54, 1.807) is 0 Å². The van der Waals surface area contributed by atoms with Gasteiger partial charge in [-0.25, -0.2) is 4.98 Å². The maximum atomic E-state index is 4.81. The first-order valence-electron chi connectivity index (χ1n) is 12.8. The van der Waals surface area contributed by atoms with E-state index in [1.807, 2.05) is 24.4 Å². The second-order valence-electron chi connectivity index (χ2n) is 10.6. The van der Waals surface area contributed by atoms with Crippen LogP contribution in [0.25, 0.3) is 55.5 Å². The zero-order chi connectivity index (χ0) is 24.7. The molecule has 37 heavy (non-hydrogen) atoms. The van der Waals surface area contributed by atoms with E-state index >= 15 is 0 Å². The van der Waals surface area contributed by atoms with Crippen LogP contribution in [0.1, 0.15) is 25.0 Å². The highest BCUT2D eigenvalue weighted by Crippen LogP contribution is 2.50. The summed E-state index contributed by atoms with van der Waals surface area (Å²) in [5.41, 5.74) is 12.2. The number of fused-ring (bicyclic) bond motifs is 7. The van der Waals surface area contributed by atoms with E-state index in [2.05, 4.69) is 114 Å². The molecule has 1 aliphatic rings. The van der Waals surface area contributed by atoms with Crippen LogP contribution in [0.3, 0.4) is 0 Å². The van der Waals surface area contributed by atoms with Crippen LogP contribution in [0.2, 0.25) is 0 Å². The Kier molecular flexibility index (Phi) is 4.00. The topological polar surface area (TPSA) is 22.2 Å². The van der Waals surface area contributed by atoms with E-state index in [9.17, 15) is 0 Å². The number of rotatable bonds is 2. The summed E-state index contributed by atoms with van der Waals surface area (Å²) in [4.78, 5) is 4.81. The number of benzene rings is 4. The minimum Gasteiger partial charge on any atom is -0.309 e. The van der Waals surface area contributed by atoms with Gasteiger partial charge < -0.3 is 8.97 Å². The highest BCUT2D eigenvalue weighted by atomic mass is 15.0. The Balaban J connectivity index is 1.35. The van der Waals surface area contributed by atoms with Crippen molar-refractivity contribution in [2.24, 2.45) is 0 Å². The van der Waals surface area contributed by atoms with Crippen LogP contribution in [0.4, 0.5) is 0 Å². The molecule has 0 saturated carbocycles. The molecule has 1 aliphatic carbocycles. The Labute approximate surface area is 215 Å². The molecular formula is C34H25N3. The summed E-state index contributed by atoms with van der Waals surface area (Å²) in [5, 5.41) is 2.59. The zero-order valence-corrected chi connectivity index (χ0v) is 20.8. The normalized spacial score (nSPS) is 13.9. The predicted octanol–water partition coefficient (Wildman–Crippen LogP) is 8.40. The van der Waals surface area contributed by atoms with Crippen LogP contribution < -0.4 is 0 Å². The van der Waals surface area contributed by atoms with Gasteiger partial charge in [0, 0.05) is 39.8 Å². The SMILES string of the molecule is CC1(C)c2ccccc2-c2cc3c(cc21)c1ccccc1n3-c1ccc(-c2cn3ccccc3n2)cc1. The van der Waals surface area contributed by atoms with Crippen molar-refractivity contribution in [1.29, 1.82) is 0 Å². The molecule has 0 amide bonds. The molecule has 8 rings (SSSR count). The van der Waals surface area contributed by atoms with Crippen molar-refractivity contribution in [2.75, 3.05) is 0 Å². The molecule has 3 heterocycles. The molecule has 0 bridgehead atoms. The van der Waals surface area contributed by atoms with E-state index in [1.165, 1.54) is 44.1 Å². The molecule has 3 heteroatoms. The van der Waals surface area contributed by atoms with Crippen LogP contribution >= 0.6 is 0 Å². The first kappa shape index (κ1) is 20.6. The lowest BCUT2D eigenvalue weighted by Gasteiger charge is -2.21. The zero-order valence-electron chi connectivity index (χ0n) is 20.8. The van der Waals surface area contributed by atoms with Crippen molar-refractivity contribution in [3.05, 3.63) is 127 Å². The average molecular weight is 476 g/mol. The molecule has 0 saturated heterocycles. The van der Waals surface area contributed by atoms with Gasteiger partial charge in [-0.1, -0.05) is 74.5 Å². The summed E-state index contributed by atoms with van der Waals surface area (Å²) in [7, 11) is 0. The van der Waals surface area contributed by atoms with Crippen LogP contribution in [-0.2, 0) is 5.41 Å². The summed E-state index contributed by atoms with van der Waals surface area (Å²) in [6.45, 7) is 4.70. The quantitative estimate of drug-likeness (QED) is 0.246. The van der Waals surface area contributed by atoms with Gasteiger partial charge in [-0.2, -0.15) is 0 Å². The number of hydrogen-bond acceptors (Lipinski definition) is 1.